The van der Waals surface area contributed by atoms with E-state index in [1.807, 2.05) is 0 Å². The van der Waals surface area contributed by atoms with Gasteiger partial charge in [-0.1, -0.05) is 13.8 Å². The molecule has 0 aliphatic heterocycles. The van der Waals surface area contributed by atoms with Crippen LogP contribution in [0, 0.1) is 18.3 Å². The van der Waals surface area contributed by atoms with Crippen LogP contribution in [0.3, 0.4) is 0 Å². The van der Waals surface area contributed by atoms with Crippen LogP contribution in [-0.4, -0.2) is 162 Å². The van der Waals surface area contributed by atoms with Gasteiger partial charge < -0.3 is 67.3 Å². The van der Waals surface area contributed by atoms with Gasteiger partial charge >= 0.3 is 5.97 Å². The van der Waals surface area contributed by atoms with Crippen LogP contribution < -0.4 is 19.5 Å². The molecule has 0 radical (unpaired) electrons. The summed E-state index contributed by atoms with van der Waals surface area (Å²) >= 11 is 0. The maximum absolute atomic E-state index is 13.2. The average molecular weight is 802 g/mol. The van der Waals surface area contributed by atoms with Crippen LogP contribution >= 0.6 is 0 Å². The van der Waals surface area contributed by atoms with Crippen molar-refractivity contribution in [3.63, 3.8) is 0 Å². The van der Waals surface area contributed by atoms with Gasteiger partial charge in [-0.15, -0.1) is 12.3 Å². The second-order valence-corrected chi connectivity index (χ2v) is 12.1. The number of benzene rings is 1. The van der Waals surface area contributed by atoms with Crippen molar-refractivity contribution in [1.82, 2.24) is 5.32 Å². The minimum atomic E-state index is -0.914. The molecule has 0 aromatic heterocycles. The Morgan fingerprint density at radius 1 is 0.661 bits per heavy atom. The molecule has 1 rings (SSSR count). The monoisotopic (exact) mass is 801 g/mol. The van der Waals surface area contributed by atoms with E-state index in [-0.39, 0.29) is 71.8 Å². The van der Waals surface area contributed by atoms with Crippen molar-refractivity contribution in [2.75, 3.05) is 139 Å². The maximum atomic E-state index is 13.2. The fourth-order valence-electron chi connectivity index (χ4n) is 4.26. The fraction of sp³-hybridized carbons (Fsp3) is 0.718. The predicted octanol–water partition coefficient (Wildman–Crippen LogP) is 2.79. The Hall–Kier alpha value is -3.73. The highest BCUT2D eigenvalue weighted by Crippen LogP contribution is 2.39. The lowest BCUT2D eigenvalue weighted by Crippen LogP contribution is -2.25. The third-order valence-electron chi connectivity index (χ3n) is 7.08. The van der Waals surface area contributed by atoms with E-state index in [2.05, 4.69) is 29.8 Å². The van der Waals surface area contributed by atoms with Crippen LogP contribution in [0.15, 0.2) is 12.1 Å². The molecule has 1 aromatic carbocycles. The molecule has 1 amide bonds. The van der Waals surface area contributed by atoms with Crippen molar-refractivity contribution in [3.8, 4) is 29.6 Å². The molecule has 0 atom stereocenters. The van der Waals surface area contributed by atoms with E-state index in [1.165, 1.54) is 0 Å². The summed E-state index contributed by atoms with van der Waals surface area (Å²) in [5.41, 5.74) is 0.332. The fourth-order valence-corrected chi connectivity index (χ4v) is 4.26. The largest absolute Gasteiger partial charge is 0.487 e. The van der Waals surface area contributed by atoms with Crippen molar-refractivity contribution in [1.29, 1.82) is 0 Å². The SMILES string of the molecule is C#CCCCOCCOCCOc1c(OCCOCCOCCOCCOC=O)cc(C(=O)NCCC(C)C)cc1OCCOCCOCCOCCC(=O)O. The Balaban J connectivity index is 2.80. The Kier molecular flexibility index (Phi) is 33.1. The third kappa shape index (κ3) is 29.5. The van der Waals surface area contributed by atoms with Crippen molar-refractivity contribution >= 4 is 18.3 Å². The normalized spacial score (nSPS) is 11.0. The van der Waals surface area contributed by atoms with Crippen molar-refractivity contribution < 1.29 is 76.3 Å². The molecule has 17 nitrogen and oxygen atoms in total. The van der Waals surface area contributed by atoms with Crippen LogP contribution in [0.4, 0.5) is 0 Å². The van der Waals surface area contributed by atoms with Gasteiger partial charge in [0.05, 0.1) is 106 Å². The highest BCUT2D eigenvalue weighted by Gasteiger charge is 2.19. The summed E-state index contributed by atoms with van der Waals surface area (Å²) in [5, 5.41) is 11.6. The highest BCUT2D eigenvalue weighted by molar-refractivity contribution is 5.95. The van der Waals surface area contributed by atoms with Crippen LogP contribution in [0.25, 0.3) is 0 Å². The minimum absolute atomic E-state index is 0.0568. The first-order valence-electron chi connectivity index (χ1n) is 19.1. The Morgan fingerprint density at radius 3 is 1.54 bits per heavy atom. The molecule has 56 heavy (non-hydrogen) atoms. The summed E-state index contributed by atoms with van der Waals surface area (Å²) in [7, 11) is 0. The van der Waals surface area contributed by atoms with Crippen molar-refractivity contribution in [3.05, 3.63) is 17.7 Å². The van der Waals surface area contributed by atoms with Gasteiger partial charge in [-0.2, -0.15) is 0 Å². The van der Waals surface area contributed by atoms with E-state index in [1.54, 1.807) is 12.1 Å². The summed E-state index contributed by atoms with van der Waals surface area (Å²) < 4.78 is 66.8. The van der Waals surface area contributed by atoms with Gasteiger partial charge in [-0.05, 0) is 30.9 Å². The lowest BCUT2D eigenvalue weighted by molar-refractivity contribution is -0.138. The quantitative estimate of drug-likeness (QED) is 0.0557. The molecular formula is C39H63NO16. The molecule has 0 saturated carbocycles. The zero-order valence-corrected chi connectivity index (χ0v) is 33.1. The van der Waals surface area contributed by atoms with Gasteiger partial charge in [0.15, 0.2) is 11.5 Å². The molecule has 320 valence electrons. The van der Waals surface area contributed by atoms with E-state index in [9.17, 15) is 14.4 Å². The number of terminal acetylenes is 1. The van der Waals surface area contributed by atoms with Crippen LogP contribution in [0.5, 0.6) is 17.2 Å². The van der Waals surface area contributed by atoms with Crippen LogP contribution in [0.1, 0.15) is 49.9 Å². The number of carbonyl (C=O) groups is 3. The molecule has 0 unspecified atom stereocenters. The number of carboxylic acid groups (broad SMARTS) is 1. The van der Waals surface area contributed by atoms with Gasteiger partial charge in [0.2, 0.25) is 5.75 Å². The first kappa shape index (κ1) is 50.3. The molecule has 0 spiro atoms. The smallest absolute Gasteiger partial charge is 0.305 e. The predicted molar refractivity (Wildman–Crippen MR) is 204 cm³/mol. The second-order valence-electron chi connectivity index (χ2n) is 12.1. The van der Waals surface area contributed by atoms with Gasteiger partial charge in [-0.3, -0.25) is 14.4 Å². The summed E-state index contributed by atoms with van der Waals surface area (Å²) in [6.07, 6.45) is 7.48. The molecule has 2 N–H and O–H groups in total. The minimum Gasteiger partial charge on any atom is -0.487 e. The van der Waals surface area contributed by atoms with Gasteiger partial charge in [0.1, 0.15) is 26.4 Å². The molecule has 0 bridgehead atoms. The number of carboxylic acids is 1. The number of hydrogen-bond donors (Lipinski definition) is 2. The molecule has 17 heteroatoms. The zero-order valence-electron chi connectivity index (χ0n) is 33.1. The first-order chi connectivity index (χ1) is 27.4. The second kappa shape index (κ2) is 36.9. The van der Waals surface area contributed by atoms with Crippen molar-refractivity contribution in [2.45, 2.75) is 39.5 Å². The zero-order chi connectivity index (χ0) is 40.7. The highest BCUT2D eigenvalue weighted by atomic mass is 16.6. The standard InChI is InChI=1S/C39H63NO16/c1-4-5-6-10-45-12-14-52-26-29-56-38-35(54-27-24-50-20-18-47-15-13-46-11-8-37(42)43)30-34(39(44)40-9-7-33(2)3)31-36(38)55-28-25-51-21-19-48-16-17-49-22-23-53-32-41/h1,30-33H,5-29H2,2-3H3,(H,40,44)(H,42,43). The molecule has 0 fully saturated rings. The average Bonchev–Trinajstić information content (AvgIpc) is 3.17. The van der Waals surface area contributed by atoms with Crippen LogP contribution in [0.2, 0.25) is 0 Å². The lowest BCUT2D eigenvalue weighted by atomic mass is 10.1. The van der Waals surface area contributed by atoms with Gasteiger partial charge in [0, 0.05) is 25.1 Å². The summed E-state index contributed by atoms with van der Waals surface area (Å²) in [4.78, 5) is 33.9. The number of aliphatic carboxylic acids is 1. The number of rotatable bonds is 41. The van der Waals surface area contributed by atoms with E-state index < -0.39 is 5.97 Å². The Morgan fingerprint density at radius 2 is 1.09 bits per heavy atom. The molecule has 1 aromatic rings. The van der Waals surface area contributed by atoms with E-state index in [0.717, 1.165) is 12.8 Å². The molecule has 0 aliphatic carbocycles. The maximum Gasteiger partial charge on any atom is 0.305 e. The number of unbranched alkanes of at least 4 members (excludes halogenated alkanes) is 1. The lowest BCUT2D eigenvalue weighted by Gasteiger charge is -2.19. The molecular weight excluding hydrogens is 738 g/mol. The summed E-state index contributed by atoms with van der Waals surface area (Å²) in [6.45, 7) is 10.8. The number of amides is 1. The van der Waals surface area contributed by atoms with Crippen LogP contribution in [-0.2, 0) is 52.2 Å². The third-order valence-corrected chi connectivity index (χ3v) is 7.08. The Bertz CT molecular complexity index is 1180. The Labute approximate surface area is 331 Å². The number of carbonyl (C=O) groups excluding carboxylic acids is 2. The molecule has 0 aliphatic rings. The summed E-state index contributed by atoms with van der Waals surface area (Å²) in [6, 6.07) is 3.22. The van der Waals surface area contributed by atoms with Gasteiger partial charge in [0.25, 0.3) is 12.4 Å². The van der Waals surface area contributed by atoms with E-state index in [0.29, 0.717) is 121 Å². The molecule has 0 heterocycles. The number of ether oxygens (including phenoxy) is 12. The summed E-state index contributed by atoms with van der Waals surface area (Å²) in [5.74, 6) is 2.68. The number of hydrogen-bond acceptors (Lipinski definition) is 15. The van der Waals surface area contributed by atoms with E-state index in [4.69, 9.17) is 63.6 Å². The van der Waals surface area contributed by atoms with Gasteiger partial charge in [-0.25, -0.2) is 0 Å². The van der Waals surface area contributed by atoms with E-state index >= 15 is 0 Å². The van der Waals surface area contributed by atoms with Crippen molar-refractivity contribution in [2.24, 2.45) is 5.92 Å². The number of nitrogens with one attached hydrogen (secondary N) is 1. The molecule has 0 saturated heterocycles. The topological polar surface area (TPSA) is 194 Å². The first-order valence-corrected chi connectivity index (χ1v) is 19.1.